The summed E-state index contributed by atoms with van der Waals surface area (Å²) in [6.45, 7) is 2.09. The number of rotatable bonds is 5. The molecule has 100 valence electrons. The minimum atomic E-state index is -0.0180. The molecule has 0 aliphatic heterocycles. The van der Waals surface area contributed by atoms with Crippen molar-refractivity contribution < 1.29 is 4.79 Å². The lowest BCUT2D eigenvalue weighted by molar-refractivity contribution is 0.0827. The smallest absolute Gasteiger partial charge is 0.253 e. The number of nitrogens with zero attached hydrogens (tertiary/aromatic N) is 1. The largest absolute Gasteiger partial charge is 0.397 e. The number of thioether (sulfide) groups is 1. The molecule has 0 aromatic heterocycles. The molecule has 1 atom stereocenters. The van der Waals surface area contributed by atoms with Gasteiger partial charge in [0.2, 0.25) is 0 Å². The van der Waals surface area contributed by atoms with Crippen LogP contribution < -0.4 is 11.1 Å². The van der Waals surface area contributed by atoms with Gasteiger partial charge in [-0.25, -0.2) is 0 Å². The second-order valence-electron chi connectivity index (χ2n) is 4.50. The maximum atomic E-state index is 11.9. The predicted molar refractivity (Wildman–Crippen MR) is 80.3 cm³/mol. The number of carbonyl (C=O) groups excluding carboxylic acids is 1. The minimum Gasteiger partial charge on any atom is -0.397 e. The molecule has 0 saturated carbocycles. The van der Waals surface area contributed by atoms with Crippen LogP contribution in [0.15, 0.2) is 18.2 Å². The molecule has 0 heterocycles. The molecule has 0 aliphatic rings. The van der Waals surface area contributed by atoms with Crippen LogP contribution in [0.25, 0.3) is 0 Å². The molecule has 0 radical (unpaired) electrons. The molecule has 0 spiro atoms. The van der Waals surface area contributed by atoms with E-state index >= 15 is 0 Å². The van der Waals surface area contributed by atoms with Gasteiger partial charge in [-0.1, -0.05) is 0 Å². The molecule has 3 N–H and O–H groups in total. The zero-order chi connectivity index (χ0) is 13.7. The summed E-state index contributed by atoms with van der Waals surface area (Å²) >= 11 is 1.77. The van der Waals surface area contributed by atoms with Crippen LogP contribution in [0.1, 0.15) is 17.3 Å². The van der Waals surface area contributed by atoms with Crippen LogP contribution in [0.3, 0.4) is 0 Å². The lowest BCUT2D eigenvalue weighted by Gasteiger charge is -2.17. The van der Waals surface area contributed by atoms with E-state index in [4.69, 9.17) is 5.73 Å². The molecule has 1 aromatic carbocycles. The molecule has 0 saturated heterocycles. The van der Waals surface area contributed by atoms with Crippen molar-refractivity contribution >= 4 is 29.0 Å². The van der Waals surface area contributed by atoms with Gasteiger partial charge in [-0.2, -0.15) is 11.8 Å². The molecule has 1 amide bonds. The maximum absolute atomic E-state index is 11.9. The lowest BCUT2D eigenvalue weighted by atomic mass is 10.1. The third-order valence-electron chi connectivity index (χ3n) is 2.52. The average Bonchev–Trinajstić information content (AvgIpc) is 2.31. The first-order chi connectivity index (χ1) is 8.45. The Labute approximate surface area is 113 Å². The Morgan fingerprint density at radius 2 is 2.17 bits per heavy atom. The fourth-order valence-electron chi connectivity index (χ4n) is 1.63. The van der Waals surface area contributed by atoms with Gasteiger partial charge in [0.05, 0.1) is 11.4 Å². The van der Waals surface area contributed by atoms with Gasteiger partial charge in [-0.3, -0.25) is 4.79 Å². The second kappa shape index (κ2) is 6.54. The molecule has 5 heteroatoms. The summed E-state index contributed by atoms with van der Waals surface area (Å²) in [7, 11) is 3.48. The highest BCUT2D eigenvalue weighted by molar-refractivity contribution is 7.98. The summed E-state index contributed by atoms with van der Waals surface area (Å²) in [5.74, 6) is 0.973. The van der Waals surface area contributed by atoms with E-state index in [-0.39, 0.29) is 5.91 Å². The zero-order valence-corrected chi connectivity index (χ0v) is 12.2. The Bertz CT molecular complexity index is 421. The summed E-state index contributed by atoms with van der Waals surface area (Å²) in [4.78, 5) is 13.4. The Balaban J connectivity index is 2.91. The van der Waals surface area contributed by atoms with Crippen LogP contribution in [-0.2, 0) is 0 Å². The summed E-state index contributed by atoms with van der Waals surface area (Å²) in [5.41, 5.74) is 8.05. The standard InChI is InChI=1S/C13H21N3OS/c1-9(8-18-4)15-12-7-10(5-6-11(12)14)13(17)16(2)3/h5-7,9,15H,8,14H2,1-4H3. The topological polar surface area (TPSA) is 58.4 Å². The van der Waals surface area contributed by atoms with Gasteiger partial charge in [0.25, 0.3) is 5.91 Å². The van der Waals surface area contributed by atoms with Crippen LogP contribution in [0.4, 0.5) is 11.4 Å². The first-order valence-corrected chi connectivity index (χ1v) is 7.21. The molecule has 1 unspecified atom stereocenters. The van der Waals surface area contributed by atoms with Crippen molar-refractivity contribution in [2.24, 2.45) is 0 Å². The summed E-state index contributed by atoms with van der Waals surface area (Å²) in [6, 6.07) is 5.65. The van der Waals surface area contributed by atoms with E-state index in [9.17, 15) is 4.79 Å². The maximum Gasteiger partial charge on any atom is 0.253 e. The second-order valence-corrected chi connectivity index (χ2v) is 5.41. The van der Waals surface area contributed by atoms with Gasteiger partial charge in [-0.05, 0) is 31.4 Å². The van der Waals surface area contributed by atoms with Gasteiger partial charge in [0, 0.05) is 31.5 Å². The summed E-state index contributed by atoms with van der Waals surface area (Å²) in [5, 5.41) is 3.33. The van der Waals surface area contributed by atoms with Crippen molar-refractivity contribution in [3.05, 3.63) is 23.8 Å². The highest BCUT2D eigenvalue weighted by Crippen LogP contribution is 2.22. The van der Waals surface area contributed by atoms with E-state index in [1.54, 1.807) is 42.9 Å². The Kier molecular flexibility index (Phi) is 5.34. The van der Waals surface area contributed by atoms with Gasteiger partial charge in [0.15, 0.2) is 0 Å². The van der Waals surface area contributed by atoms with Crippen LogP contribution >= 0.6 is 11.8 Å². The predicted octanol–water partition coefficient (Wildman–Crippen LogP) is 2.13. The number of nitrogens with two attached hydrogens (primary N) is 1. The fourth-order valence-corrected chi connectivity index (χ4v) is 2.21. The molecule has 1 aromatic rings. The van der Waals surface area contributed by atoms with Crippen LogP contribution in [0, 0.1) is 0 Å². The number of hydrogen-bond acceptors (Lipinski definition) is 4. The number of nitrogens with one attached hydrogen (secondary N) is 1. The number of anilines is 2. The highest BCUT2D eigenvalue weighted by Gasteiger charge is 2.11. The number of nitrogen functional groups attached to an aromatic ring is 1. The van der Waals surface area contributed by atoms with Crippen LogP contribution in [0.5, 0.6) is 0 Å². The number of carbonyl (C=O) groups is 1. The van der Waals surface area contributed by atoms with Crippen molar-refractivity contribution in [3.8, 4) is 0 Å². The Morgan fingerprint density at radius 3 is 2.72 bits per heavy atom. The van der Waals surface area contributed by atoms with Crippen molar-refractivity contribution in [2.75, 3.05) is 37.2 Å². The molecule has 0 aliphatic carbocycles. The summed E-state index contributed by atoms with van der Waals surface area (Å²) < 4.78 is 0. The van der Waals surface area contributed by atoms with Gasteiger partial charge >= 0.3 is 0 Å². The summed E-state index contributed by atoms with van der Waals surface area (Å²) in [6.07, 6.45) is 2.06. The average molecular weight is 267 g/mol. The van der Waals surface area contributed by atoms with E-state index in [1.807, 2.05) is 6.07 Å². The first-order valence-electron chi connectivity index (χ1n) is 5.82. The Hall–Kier alpha value is -1.36. The van der Waals surface area contributed by atoms with Crippen molar-refractivity contribution in [2.45, 2.75) is 13.0 Å². The monoisotopic (exact) mass is 267 g/mol. The van der Waals surface area contributed by atoms with Crippen LogP contribution in [0.2, 0.25) is 0 Å². The number of hydrogen-bond donors (Lipinski definition) is 2. The van der Waals surface area contributed by atoms with E-state index in [0.29, 0.717) is 17.3 Å². The SMILES string of the molecule is CSCC(C)Nc1cc(C(=O)N(C)C)ccc1N. The van der Waals surface area contributed by atoms with Gasteiger partial charge in [0.1, 0.15) is 0 Å². The highest BCUT2D eigenvalue weighted by atomic mass is 32.2. The molecular formula is C13H21N3OS. The fraction of sp³-hybridized carbons (Fsp3) is 0.462. The van der Waals surface area contributed by atoms with Crippen LogP contribution in [-0.4, -0.2) is 43.0 Å². The molecule has 4 nitrogen and oxygen atoms in total. The van der Waals surface area contributed by atoms with Gasteiger partial charge in [-0.15, -0.1) is 0 Å². The first kappa shape index (κ1) is 14.7. The van der Waals surface area contributed by atoms with E-state index in [0.717, 1.165) is 11.4 Å². The van der Waals surface area contributed by atoms with Gasteiger partial charge < -0.3 is 16.0 Å². The molecule has 0 bridgehead atoms. The van der Waals surface area contributed by atoms with E-state index < -0.39 is 0 Å². The van der Waals surface area contributed by atoms with Crippen molar-refractivity contribution in [3.63, 3.8) is 0 Å². The molecule has 1 rings (SSSR count). The quantitative estimate of drug-likeness (QED) is 0.802. The minimum absolute atomic E-state index is 0.0180. The van der Waals surface area contributed by atoms with Crippen molar-refractivity contribution in [1.29, 1.82) is 0 Å². The third-order valence-corrected chi connectivity index (χ3v) is 3.36. The third kappa shape index (κ3) is 3.84. The molecule has 18 heavy (non-hydrogen) atoms. The number of benzene rings is 1. The lowest BCUT2D eigenvalue weighted by Crippen LogP contribution is -2.23. The molecular weight excluding hydrogens is 246 g/mol. The number of amides is 1. The van der Waals surface area contributed by atoms with E-state index in [1.165, 1.54) is 0 Å². The van der Waals surface area contributed by atoms with Crippen molar-refractivity contribution in [1.82, 2.24) is 4.90 Å². The van der Waals surface area contributed by atoms with E-state index in [2.05, 4.69) is 18.5 Å². The zero-order valence-electron chi connectivity index (χ0n) is 11.4. The molecule has 0 fully saturated rings. The normalized spacial score (nSPS) is 12.0. The Morgan fingerprint density at radius 1 is 1.50 bits per heavy atom.